The van der Waals surface area contributed by atoms with Crippen LogP contribution in [0.4, 0.5) is 10.3 Å². The fraction of sp³-hybridized carbons (Fsp3) is 0.150. The third-order valence-electron chi connectivity index (χ3n) is 4.76. The Kier molecular flexibility index (Phi) is 4.12. The van der Waals surface area contributed by atoms with Gasteiger partial charge in [0, 0.05) is 37.4 Å². The van der Waals surface area contributed by atoms with Crippen molar-refractivity contribution in [2.45, 2.75) is 0 Å². The van der Waals surface area contributed by atoms with Crippen LogP contribution in [-0.2, 0) is 4.79 Å². The molecule has 29 heavy (non-hydrogen) atoms. The molecule has 0 spiro atoms. The molecule has 0 atom stereocenters. The van der Waals surface area contributed by atoms with Gasteiger partial charge in [-0.15, -0.1) is 0 Å². The molecule has 0 unspecified atom stereocenters. The van der Waals surface area contributed by atoms with Gasteiger partial charge in [0.2, 0.25) is 11.9 Å². The molecule has 1 aliphatic rings. The predicted molar refractivity (Wildman–Crippen MR) is 105 cm³/mol. The van der Waals surface area contributed by atoms with Gasteiger partial charge in [0.25, 0.3) is 0 Å². The zero-order valence-electron chi connectivity index (χ0n) is 15.3. The lowest BCUT2D eigenvalue weighted by molar-refractivity contribution is -0.120. The van der Waals surface area contributed by atoms with E-state index in [1.54, 1.807) is 36.9 Å². The number of benzene rings is 1. The highest BCUT2D eigenvalue weighted by molar-refractivity contribution is 5.83. The van der Waals surface area contributed by atoms with E-state index in [-0.39, 0.29) is 18.3 Å². The molecule has 0 radical (unpaired) electrons. The number of imidazole rings is 1. The van der Waals surface area contributed by atoms with Gasteiger partial charge in [-0.25, -0.2) is 19.3 Å². The van der Waals surface area contributed by atoms with Crippen molar-refractivity contribution in [1.82, 2.24) is 29.8 Å². The Morgan fingerprint density at radius 1 is 1.03 bits per heavy atom. The Hall–Kier alpha value is -3.88. The smallest absolute Gasteiger partial charge is 0.239 e. The minimum atomic E-state index is -0.309. The van der Waals surface area contributed by atoms with Crippen molar-refractivity contribution in [1.29, 1.82) is 0 Å². The third kappa shape index (κ3) is 3.16. The maximum Gasteiger partial charge on any atom is 0.239 e. The SMILES string of the molecule is O=C1CN(c2ncc(-c3nc4ccncc4n3-c3ccc(F)cc3)cn2)CCN1. The number of carbonyl (C=O) groups excluding carboxylic acids is 1. The van der Waals surface area contributed by atoms with Crippen LogP contribution in [-0.4, -0.2) is 50.0 Å². The number of nitrogens with one attached hydrogen (secondary N) is 1. The molecule has 5 rings (SSSR count). The molecule has 1 amide bonds. The summed E-state index contributed by atoms with van der Waals surface area (Å²) in [4.78, 5) is 31.2. The highest BCUT2D eigenvalue weighted by Crippen LogP contribution is 2.28. The molecular formula is C20H16FN7O. The normalized spacial score (nSPS) is 14.2. The predicted octanol–water partition coefficient (Wildman–Crippen LogP) is 1.95. The second-order valence-corrected chi connectivity index (χ2v) is 6.65. The maximum atomic E-state index is 13.4. The highest BCUT2D eigenvalue weighted by Gasteiger charge is 2.20. The molecule has 8 nitrogen and oxygen atoms in total. The van der Waals surface area contributed by atoms with E-state index in [9.17, 15) is 9.18 Å². The van der Waals surface area contributed by atoms with Crippen LogP contribution in [0.15, 0.2) is 55.1 Å². The van der Waals surface area contributed by atoms with Crippen molar-refractivity contribution < 1.29 is 9.18 Å². The quantitative estimate of drug-likeness (QED) is 0.576. The van der Waals surface area contributed by atoms with Crippen molar-refractivity contribution in [2.75, 3.05) is 24.5 Å². The summed E-state index contributed by atoms with van der Waals surface area (Å²) in [5.74, 6) is 0.767. The number of halogens is 1. The van der Waals surface area contributed by atoms with E-state index >= 15 is 0 Å². The van der Waals surface area contributed by atoms with Gasteiger partial charge >= 0.3 is 0 Å². The first-order valence-electron chi connectivity index (χ1n) is 9.11. The monoisotopic (exact) mass is 389 g/mol. The number of pyridine rings is 1. The zero-order chi connectivity index (χ0) is 19.8. The summed E-state index contributed by atoms with van der Waals surface area (Å²) < 4.78 is 15.3. The fourth-order valence-corrected chi connectivity index (χ4v) is 3.38. The lowest BCUT2D eigenvalue weighted by atomic mass is 10.2. The molecule has 1 saturated heterocycles. The second-order valence-electron chi connectivity index (χ2n) is 6.65. The number of aromatic nitrogens is 5. The number of amides is 1. The van der Waals surface area contributed by atoms with Crippen molar-refractivity contribution in [3.63, 3.8) is 0 Å². The Labute approximate surface area is 165 Å². The number of rotatable bonds is 3. The van der Waals surface area contributed by atoms with Crippen LogP contribution in [0.1, 0.15) is 0 Å². The van der Waals surface area contributed by atoms with Gasteiger partial charge in [-0.1, -0.05) is 0 Å². The van der Waals surface area contributed by atoms with E-state index < -0.39 is 0 Å². The van der Waals surface area contributed by atoms with Gasteiger partial charge in [0.1, 0.15) is 11.6 Å². The van der Waals surface area contributed by atoms with Gasteiger partial charge in [0.05, 0.1) is 29.3 Å². The number of nitrogens with zero attached hydrogens (tertiary/aromatic N) is 6. The van der Waals surface area contributed by atoms with Crippen LogP contribution in [0, 0.1) is 5.82 Å². The summed E-state index contributed by atoms with van der Waals surface area (Å²) in [5, 5.41) is 2.78. The standard InChI is InChI=1S/C20H16FN7O/c21-14-1-3-15(4-2-14)28-17-11-22-6-5-16(17)26-19(28)13-9-24-20(25-10-13)27-8-7-23-18(29)12-27/h1-6,9-11H,7-8,12H2,(H,23,29). The second kappa shape index (κ2) is 6.93. The number of carbonyl (C=O) groups is 1. The van der Waals surface area contributed by atoms with Gasteiger partial charge < -0.3 is 10.2 Å². The summed E-state index contributed by atoms with van der Waals surface area (Å²) in [6.07, 6.45) is 6.76. The van der Waals surface area contributed by atoms with Crippen LogP contribution in [0.2, 0.25) is 0 Å². The summed E-state index contributed by atoms with van der Waals surface area (Å²) in [7, 11) is 0. The summed E-state index contributed by atoms with van der Waals surface area (Å²) in [6.45, 7) is 1.46. The Bertz CT molecular complexity index is 1190. The van der Waals surface area contributed by atoms with Crippen molar-refractivity contribution in [2.24, 2.45) is 0 Å². The van der Waals surface area contributed by atoms with Gasteiger partial charge in [-0.2, -0.15) is 0 Å². The molecule has 1 N–H and O–H groups in total. The molecule has 1 aliphatic heterocycles. The fourth-order valence-electron chi connectivity index (χ4n) is 3.38. The molecular weight excluding hydrogens is 373 g/mol. The molecule has 0 saturated carbocycles. The highest BCUT2D eigenvalue weighted by atomic mass is 19.1. The lowest BCUT2D eigenvalue weighted by Crippen LogP contribution is -2.48. The molecule has 0 aliphatic carbocycles. The molecule has 1 aromatic carbocycles. The topological polar surface area (TPSA) is 88.8 Å². The Morgan fingerprint density at radius 3 is 2.59 bits per heavy atom. The first-order valence-corrected chi connectivity index (χ1v) is 9.11. The molecule has 4 aromatic rings. The third-order valence-corrected chi connectivity index (χ3v) is 4.76. The van der Waals surface area contributed by atoms with Gasteiger partial charge in [0.15, 0.2) is 0 Å². The van der Waals surface area contributed by atoms with E-state index in [1.807, 2.05) is 15.5 Å². The van der Waals surface area contributed by atoms with Crippen LogP contribution < -0.4 is 10.2 Å². The number of anilines is 1. The maximum absolute atomic E-state index is 13.4. The van der Waals surface area contributed by atoms with E-state index in [2.05, 4.69) is 20.3 Å². The van der Waals surface area contributed by atoms with Crippen LogP contribution >= 0.6 is 0 Å². The zero-order valence-corrected chi connectivity index (χ0v) is 15.3. The Morgan fingerprint density at radius 2 is 1.83 bits per heavy atom. The van der Waals surface area contributed by atoms with Crippen LogP contribution in [0.5, 0.6) is 0 Å². The average Bonchev–Trinajstić information content (AvgIpc) is 3.14. The van der Waals surface area contributed by atoms with E-state index in [0.717, 1.165) is 16.7 Å². The summed E-state index contributed by atoms with van der Waals surface area (Å²) >= 11 is 0. The molecule has 4 heterocycles. The van der Waals surface area contributed by atoms with Crippen molar-refractivity contribution in [3.05, 3.63) is 60.9 Å². The first-order chi connectivity index (χ1) is 14.2. The largest absolute Gasteiger partial charge is 0.353 e. The van der Waals surface area contributed by atoms with E-state index in [0.29, 0.717) is 30.4 Å². The summed E-state index contributed by atoms with van der Waals surface area (Å²) in [6, 6.07) is 8.01. The first kappa shape index (κ1) is 17.2. The van der Waals surface area contributed by atoms with Crippen LogP contribution in [0.3, 0.4) is 0 Å². The van der Waals surface area contributed by atoms with Gasteiger partial charge in [-0.3, -0.25) is 14.3 Å². The molecule has 1 fully saturated rings. The number of hydrogen-bond donors (Lipinski definition) is 1. The van der Waals surface area contributed by atoms with Crippen LogP contribution in [0.25, 0.3) is 28.1 Å². The lowest BCUT2D eigenvalue weighted by Gasteiger charge is -2.26. The average molecular weight is 389 g/mol. The number of fused-ring (bicyclic) bond motifs is 1. The molecule has 3 aromatic heterocycles. The summed E-state index contributed by atoms with van der Waals surface area (Å²) in [5.41, 5.74) is 3.02. The minimum absolute atomic E-state index is 0.0467. The van der Waals surface area contributed by atoms with E-state index in [4.69, 9.17) is 4.98 Å². The minimum Gasteiger partial charge on any atom is -0.353 e. The molecule has 9 heteroatoms. The molecule has 0 bridgehead atoms. The van der Waals surface area contributed by atoms with Crippen molar-refractivity contribution >= 4 is 22.9 Å². The van der Waals surface area contributed by atoms with Gasteiger partial charge in [-0.05, 0) is 30.3 Å². The van der Waals surface area contributed by atoms with E-state index in [1.165, 1.54) is 12.1 Å². The number of piperazine rings is 1. The number of hydrogen-bond acceptors (Lipinski definition) is 6. The molecule has 144 valence electrons. The van der Waals surface area contributed by atoms with Crippen molar-refractivity contribution in [3.8, 4) is 17.1 Å². The Balaban J connectivity index is 1.59.